The Hall–Kier alpha value is -2.37. The molecular formula is C14H14F2N2O2. The van der Waals surface area contributed by atoms with Gasteiger partial charge in [0.1, 0.15) is 17.4 Å². The van der Waals surface area contributed by atoms with Crippen LogP contribution in [0.15, 0.2) is 34.9 Å². The maximum atomic E-state index is 13.7. The molecule has 1 aromatic heterocycles. The summed E-state index contributed by atoms with van der Waals surface area (Å²) in [5, 5.41) is 0. The van der Waals surface area contributed by atoms with E-state index >= 15 is 0 Å². The fraction of sp³-hybridized carbons (Fsp3) is 0.214. The Morgan fingerprint density at radius 2 is 2.10 bits per heavy atom. The van der Waals surface area contributed by atoms with Crippen molar-refractivity contribution >= 4 is 11.6 Å². The maximum Gasteiger partial charge on any atom is 0.257 e. The third kappa shape index (κ3) is 2.79. The Balaban J connectivity index is 2.26. The highest BCUT2D eigenvalue weighted by Gasteiger charge is 2.20. The van der Waals surface area contributed by atoms with Crippen molar-refractivity contribution in [2.24, 2.45) is 0 Å². The van der Waals surface area contributed by atoms with E-state index < -0.39 is 17.5 Å². The molecule has 0 aliphatic heterocycles. The van der Waals surface area contributed by atoms with Gasteiger partial charge in [0.05, 0.1) is 24.1 Å². The molecule has 0 fully saturated rings. The molecule has 0 atom stereocenters. The molecule has 2 aromatic rings. The van der Waals surface area contributed by atoms with E-state index in [1.165, 1.54) is 11.2 Å². The molecule has 1 aromatic carbocycles. The lowest BCUT2D eigenvalue weighted by atomic mass is 10.1. The van der Waals surface area contributed by atoms with Crippen LogP contribution in [0.2, 0.25) is 0 Å². The average molecular weight is 280 g/mol. The summed E-state index contributed by atoms with van der Waals surface area (Å²) in [5.74, 6) is -1.79. The van der Waals surface area contributed by atoms with E-state index in [-0.39, 0.29) is 17.8 Å². The third-order valence-corrected chi connectivity index (χ3v) is 2.91. The molecule has 0 saturated heterocycles. The number of nitrogens with zero attached hydrogens (tertiary/aromatic N) is 1. The molecule has 1 heterocycles. The van der Waals surface area contributed by atoms with Crippen molar-refractivity contribution in [3.05, 3.63) is 53.5 Å². The van der Waals surface area contributed by atoms with E-state index in [0.717, 1.165) is 6.07 Å². The van der Waals surface area contributed by atoms with Gasteiger partial charge in [0, 0.05) is 12.6 Å². The standard InChI is InChI=1S/C14H14F2N2O2/c1-2-18(8-9-4-3-5-20-9)14(19)10-6-13(17)12(16)7-11(10)15/h3-7H,2,8,17H2,1H3. The summed E-state index contributed by atoms with van der Waals surface area (Å²) in [7, 11) is 0. The lowest BCUT2D eigenvalue weighted by Crippen LogP contribution is -2.31. The van der Waals surface area contributed by atoms with Gasteiger partial charge in [0.15, 0.2) is 0 Å². The zero-order chi connectivity index (χ0) is 14.7. The van der Waals surface area contributed by atoms with Crippen LogP contribution in [-0.4, -0.2) is 17.4 Å². The van der Waals surface area contributed by atoms with Crippen LogP contribution in [-0.2, 0) is 6.54 Å². The molecule has 20 heavy (non-hydrogen) atoms. The van der Waals surface area contributed by atoms with E-state index in [4.69, 9.17) is 10.2 Å². The summed E-state index contributed by atoms with van der Waals surface area (Å²) in [4.78, 5) is 13.6. The van der Waals surface area contributed by atoms with Crippen LogP contribution in [0.1, 0.15) is 23.0 Å². The van der Waals surface area contributed by atoms with Crippen LogP contribution in [0, 0.1) is 11.6 Å². The number of nitrogen functional groups attached to an aromatic ring is 1. The van der Waals surface area contributed by atoms with Crippen LogP contribution in [0.25, 0.3) is 0 Å². The molecule has 0 aliphatic carbocycles. The number of carbonyl (C=O) groups excluding carboxylic acids is 1. The summed E-state index contributed by atoms with van der Waals surface area (Å²) in [6.45, 7) is 2.32. The molecule has 2 N–H and O–H groups in total. The molecule has 6 heteroatoms. The number of hydrogen-bond donors (Lipinski definition) is 1. The second kappa shape index (κ2) is 5.73. The van der Waals surface area contributed by atoms with E-state index in [2.05, 4.69) is 0 Å². The van der Waals surface area contributed by atoms with Crippen molar-refractivity contribution in [2.45, 2.75) is 13.5 Å². The smallest absolute Gasteiger partial charge is 0.257 e. The zero-order valence-electron chi connectivity index (χ0n) is 10.9. The molecule has 4 nitrogen and oxygen atoms in total. The molecule has 106 valence electrons. The Labute approximate surface area is 114 Å². The van der Waals surface area contributed by atoms with Gasteiger partial charge < -0.3 is 15.1 Å². The number of furan rings is 1. The molecule has 0 aliphatic rings. The minimum absolute atomic E-state index is 0.207. The van der Waals surface area contributed by atoms with Crippen LogP contribution < -0.4 is 5.73 Å². The first-order valence-corrected chi connectivity index (χ1v) is 6.09. The summed E-state index contributed by atoms with van der Waals surface area (Å²) in [6, 6.07) is 5.04. The lowest BCUT2D eigenvalue weighted by molar-refractivity contribution is 0.0736. The number of amides is 1. The van der Waals surface area contributed by atoms with E-state index in [1.54, 1.807) is 19.1 Å². The second-order valence-electron chi connectivity index (χ2n) is 4.25. The first kappa shape index (κ1) is 14.0. The fourth-order valence-corrected chi connectivity index (χ4v) is 1.82. The Morgan fingerprint density at radius 3 is 2.70 bits per heavy atom. The van der Waals surface area contributed by atoms with Crippen molar-refractivity contribution in [3.63, 3.8) is 0 Å². The number of halogens is 2. The van der Waals surface area contributed by atoms with Gasteiger partial charge in [-0.3, -0.25) is 4.79 Å². The fourth-order valence-electron chi connectivity index (χ4n) is 1.82. The number of hydrogen-bond acceptors (Lipinski definition) is 3. The number of rotatable bonds is 4. The van der Waals surface area contributed by atoms with Gasteiger partial charge in [0.25, 0.3) is 5.91 Å². The average Bonchev–Trinajstić information content (AvgIpc) is 2.92. The van der Waals surface area contributed by atoms with Crippen LogP contribution in [0.3, 0.4) is 0 Å². The van der Waals surface area contributed by atoms with Gasteiger partial charge in [0.2, 0.25) is 0 Å². The number of benzene rings is 1. The van der Waals surface area contributed by atoms with Gasteiger partial charge in [-0.2, -0.15) is 0 Å². The maximum absolute atomic E-state index is 13.7. The molecular weight excluding hydrogens is 266 g/mol. The summed E-state index contributed by atoms with van der Waals surface area (Å²) in [6.07, 6.45) is 1.49. The Bertz CT molecular complexity index is 612. The lowest BCUT2D eigenvalue weighted by Gasteiger charge is -2.20. The minimum Gasteiger partial charge on any atom is -0.467 e. The van der Waals surface area contributed by atoms with Gasteiger partial charge in [-0.1, -0.05) is 0 Å². The molecule has 1 amide bonds. The van der Waals surface area contributed by atoms with E-state index in [1.807, 2.05) is 0 Å². The van der Waals surface area contributed by atoms with Crippen molar-refractivity contribution in [1.29, 1.82) is 0 Å². The predicted octanol–water partition coefficient (Wildman–Crippen LogP) is 2.80. The predicted molar refractivity (Wildman–Crippen MR) is 69.9 cm³/mol. The molecule has 0 unspecified atom stereocenters. The van der Waals surface area contributed by atoms with Gasteiger partial charge >= 0.3 is 0 Å². The van der Waals surface area contributed by atoms with Crippen LogP contribution >= 0.6 is 0 Å². The topological polar surface area (TPSA) is 59.5 Å². The van der Waals surface area contributed by atoms with Crippen molar-refractivity contribution in [3.8, 4) is 0 Å². The second-order valence-corrected chi connectivity index (χ2v) is 4.25. The highest BCUT2D eigenvalue weighted by molar-refractivity contribution is 5.95. The highest BCUT2D eigenvalue weighted by Crippen LogP contribution is 2.19. The van der Waals surface area contributed by atoms with E-state index in [0.29, 0.717) is 18.4 Å². The normalized spacial score (nSPS) is 10.6. The number of anilines is 1. The Morgan fingerprint density at radius 1 is 1.35 bits per heavy atom. The molecule has 0 bridgehead atoms. The Kier molecular flexibility index (Phi) is 4.02. The highest BCUT2D eigenvalue weighted by atomic mass is 19.1. The van der Waals surface area contributed by atoms with Crippen molar-refractivity contribution in [2.75, 3.05) is 12.3 Å². The van der Waals surface area contributed by atoms with Crippen molar-refractivity contribution < 1.29 is 18.0 Å². The monoisotopic (exact) mass is 280 g/mol. The van der Waals surface area contributed by atoms with Gasteiger partial charge in [-0.15, -0.1) is 0 Å². The zero-order valence-corrected chi connectivity index (χ0v) is 10.9. The minimum atomic E-state index is -0.931. The SMILES string of the molecule is CCN(Cc1ccco1)C(=O)c1cc(N)c(F)cc1F. The van der Waals surface area contributed by atoms with Gasteiger partial charge in [-0.25, -0.2) is 8.78 Å². The van der Waals surface area contributed by atoms with Crippen molar-refractivity contribution in [1.82, 2.24) is 4.90 Å². The van der Waals surface area contributed by atoms with Crippen LogP contribution in [0.4, 0.5) is 14.5 Å². The molecule has 0 radical (unpaired) electrons. The van der Waals surface area contributed by atoms with Crippen LogP contribution in [0.5, 0.6) is 0 Å². The first-order valence-electron chi connectivity index (χ1n) is 6.09. The molecule has 2 rings (SSSR count). The summed E-state index contributed by atoms with van der Waals surface area (Å²) >= 11 is 0. The quantitative estimate of drug-likeness (QED) is 0.876. The summed E-state index contributed by atoms with van der Waals surface area (Å²) < 4.78 is 31.9. The number of carbonyl (C=O) groups is 1. The van der Waals surface area contributed by atoms with E-state index in [9.17, 15) is 13.6 Å². The number of nitrogens with two attached hydrogens (primary N) is 1. The molecule has 0 spiro atoms. The molecule has 0 saturated carbocycles. The first-order chi connectivity index (χ1) is 9.52. The summed E-state index contributed by atoms with van der Waals surface area (Å²) in [5.41, 5.74) is 4.86. The third-order valence-electron chi connectivity index (χ3n) is 2.91. The van der Waals surface area contributed by atoms with Gasteiger partial charge in [-0.05, 0) is 25.1 Å². The largest absolute Gasteiger partial charge is 0.467 e.